The molecule has 0 heterocycles. The number of hydrogen-bond acceptors (Lipinski definition) is 5. The van der Waals surface area contributed by atoms with Crippen molar-refractivity contribution in [3.05, 3.63) is 0 Å². The molecule has 0 bridgehead atoms. The molecule has 0 aromatic heterocycles. The monoisotopic (exact) mass is 289 g/mol. The molecule has 0 atom stereocenters. The Balaban J connectivity index is 4.51. The minimum absolute atomic E-state index is 0.284. The summed E-state index contributed by atoms with van der Waals surface area (Å²) < 4.78 is 10.6. The van der Waals surface area contributed by atoms with Gasteiger partial charge in [0.1, 0.15) is 0 Å². The van der Waals surface area contributed by atoms with Gasteiger partial charge in [0.2, 0.25) is 0 Å². The molecule has 0 spiro atoms. The van der Waals surface area contributed by atoms with E-state index in [0.717, 1.165) is 25.9 Å². The van der Waals surface area contributed by atoms with Crippen LogP contribution in [0.5, 0.6) is 0 Å². The van der Waals surface area contributed by atoms with Crippen molar-refractivity contribution < 1.29 is 18.4 Å². The van der Waals surface area contributed by atoms with Gasteiger partial charge in [0.05, 0.1) is 6.17 Å². The van der Waals surface area contributed by atoms with Crippen molar-refractivity contribution in [3.63, 3.8) is 0 Å². The summed E-state index contributed by atoms with van der Waals surface area (Å²) in [6.07, 6.45) is 3.28. The summed E-state index contributed by atoms with van der Waals surface area (Å²) in [4.78, 5) is 25.0. The molecule has 112 valence electrons. The van der Waals surface area contributed by atoms with E-state index < -0.39 is 9.28 Å². The lowest BCUT2D eigenvalue weighted by molar-refractivity contribution is -0.140. The summed E-state index contributed by atoms with van der Waals surface area (Å²) in [5, 5.41) is 0. The molecular formula is C13H27NO4Si. The lowest BCUT2D eigenvalue weighted by Gasteiger charge is -2.25. The highest BCUT2D eigenvalue weighted by atomic mass is 28.3. The molecule has 0 saturated carbocycles. The molecule has 6 heteroatoms. The van der Waals surface area contributed by atoms with Gasteiger partial charge in [-0.25, -0.2) is 0 Å². The Morgan fingerprint density at radius 2 is 1.32 bits per heavy atom. The van der Waals surface area contributed by atoms with Gasteiger partial charge in [-0.1, -0.05) is 27.7 Å². The van der Waals surface area contributed by atoms with Crippen LogP contribution in [-0.2, 0) is 18.4 Å². The molecule has 0 fully saturated rings. The Bertz CT molecular complexity index is 249. The molecule has 0 unspecified atom stereocenters. The van der Waals surface area contributed by atoms with Crippen molar-refractivity contribution in [1.29, 1.82) is 0 Å². The average Bonchev–Trinajstić information content (AvgIpc) is 2.38. The molecule has 0 radical (unpaired) electrons. The molecule has 0 N–H and O–H groups in total. The summed E-state index contributed by atoms with van der Waals surface area (Å²) >= 11 is 0. The fourth-order valence-corrected chi connectivity index (χ4v) is 3.60. The van der Waals surface area contributed by atoms with Crippen LogP contribution < -0.4 is 0 Å². The molecule has 0 rings (SSSR count). The Morgan fingerprint density at radius 1 is 0.895 bits per heavy atom. The molecule has 0 aromatic rings. The lowest BCUT2D eigenvalue weighted by Crippen LogP contribution is -2.42. The third kappa shape index (κ3) is 8.77. The Morgan fingerprint density at radius 3 is 1.63 bits per heavy atom. The van der Waals surface area contributed by atoms with Crippen molar-refractivity contribution in [1.82, 2.24) is 4.90 Å². The van der Waals surface area contributed by atoms with Gasteiger partial charge in [0, 0.05) is 12.8 Å². The smallest absolute Gasteiger partial charge is 0.462 e. The van der Waals surface area contributed by atoms with E-state index in [2.05, 4.69) is 18.7 Å². The minimum Gasteiger partial charge on any atom is -0.486 e. The molecule has 5 nitrogen and oxygen atoms in total. The van der Waals surface area contributed by atoms with Gasteiger partial charge in [0.15, 0.2) is 0 Å². The SMILES string of the molecule is CCCN(CCC)C[SiH](OC(=O)CC)OC(=O)CC. The van der Waals surface area contributed by atoms with Crippen LogP contribution in [0.25, 0.3) is 0 Å². The maximum atomic E-state index is 11.4. The second-order valence-electron chi connectivity index (χ2n) is 4.42. The molecule has 0 aromatic carbocycles. The predicted octanol–water partition coefficient (Wildman–Crippen LogP) is 1.77. The first-order chi connectivity index (χ1) is 9.07. The third-order valence-corrected chi connectivity index (χ3v) is 4.46. The van der Waals surface area contributed by atoms with Gasteiger partial charge >= 0.3 is 9.28 Å². The van der Waals surface area contributed by atoms with E-state index in [1.807, 2.05) is 0 Å². The highest BCUT2D eigenvalue weighted by Gasteiger charge is 2.24. The van der Waals surface area contributed by atoms with E-state index in [-0.39, 0.29) is 11.9 Å². The molecule has 0 saturated heterocycles. The van der Waals surface area contributed by atoms with Crippen molar-refractivity contribution >= 4 is 21.2 Å². The van der Waals surface area contributed by atoms with Gasteiger partial charge in [-0.3, -0.25) is 14.5 Å². The quantitative estimate of drug-likeness (QED) is 0.574. The molecular weight excluding hydrogens is 262 g/mol. The number of carbonyl (C=O) groups is 2. The van der Waals surface area contributed by atoms with Crippen molar-refractivity contribution in [2.75, 3.05) is 19.3 Å². The number of nitrogens with zero attached hydrogens (tertiary/aromatic N) is 1. The van der Waals surface area contributed by atoms with Crippen molar-refractivity contribution in [3.8, 4) is 0 Å². The van der Waals surface area contributed by atoms with Crippen LogP contribution in [-0.4, -0.2) is 45.4 Å². The molecule has 0 aliphatic heterocycles. The van der Waals surface area contributed by atoms with E-state index in [4.69, 9.17) is 8.85 Å². The van der Waals surface area contributed by atoms with Crippen LogP contribution in [0.15, 0.2) is 0 Å². The summed E-state index contributed by atoms with van der Waals surface area (Å²) in [5.41, 5.74) is 0. The topological polar surface area (TPSA) is 55.8 Å². The summed E-state index contributed by atoms with van der Waals surface area (Å²) in [6.45, 7) is 9.57. The van der Waals surface area contributed by atoms with Gasteiger partial charge in [-0.15, -0.1) is 0 Å². The zero-order valence-electron chi connectivity index (χ0n) is 12.6. The van der Waals surface area contributed by atoms with Gasteiger partial charge < -0.3 is 8.85 Å². The van der Waals surface area contributed by atoms with Gasteiger partial charge in [-0.2, -0.15) is 0 Å². The van der Waals surface area contributed by atoms with E-state index >= 15 is 0 Å². The summed E-state index contributed by atoms with van der Waals surface area (Å²) in [6, 6.07) is 0. The number of carbonyl (C=O) groups excluding carboxylic acids is 2. The predicted molar refractivity (Wildman–Crippen MR) is 76.9 cm³/mol. The van der Waals surface area contributed by atoms with Crippen LogP contribution in [0.1, 0.15) is 53.4 Å². The highest BCUT2D eigenvalue weighted by molar-refractivity contribution is 6.49. The second kappa shape index (κ2) is 11.0. The zero-order valence-corrected chi connectivity index (χ0v) is 13.8. The largest absolute Gasteiger partial charge is 0.486 e. The van der Waals surface area contributed by atoms with Crippen LogP contribution in [0, 0.1) is 0 Å². The molecule has 0 aliphatic carbocycles. The standard InChI is InChI=1S/C13H27NO4Si/c1-5-9-14(10-6-2)11-19(17-12(15)7-3)18-13(16)8-4/h19H,5-11H2,1-4H3. The van der Waals surface area contributed by atoms with Crippen LogP contribution >= 0.6 is 0 Å². The van der Waals surface area contributed by atoms with Crippen molar-refractivity contribution in [2.24, 2.45) is 0 Å². The summed E-state index contributed by atoms with van der Waals surface area (Å²) in [7, 11) is -2.28. The van der Waals surface area contributed by atoms with E-state index in [1.165, 1.54) is 0 Å². The normalized spacial score (nSPS) is 10.8. The van der Waals surface area contributed by atoms with Crippen molar-refractivity contribution in [2.45, 2.75) is 53.4 Å². The lowest BCUT2D eigenvalue weighted by atomic mass is 10.4. The highest BCUT2D eigenvalue weighted by Crippen LogP contribution is 2.02. The number of hydrogen-bond donors (Lipinski definition) is 0. The Labute approximate surface area is 118 Å². The number of rotatable bonds is 10. The van der Waals surface area contributed by atoms with Crippen LogP contribution in [0.2, 0.25) is 0 Å². The van der Waals surface area contributed by atoms with Crippen LogP contribution in [0.3, 0.4) is 0 Å². The first kappa shape index (κ1) is 18.1. The fourth-order valence-electron chi connectivity index (χ4n) is 1.70. The maximum absolute atomic E-state index is 11.4. The first-order valence-electron chi connectivity index (χ1n) is 7.18. The van der Waals surface area contributed by atoms with E-state index in [1.54, 1.807) is 13.8 Å². The fraction of sp³-hybridized carbons (Fsp3) is 0.846. The minimum atomic E-state index is -2.28. The Kier molecular flexibility index (Phi) is 10.5. The molecule has 19 heavy (non-hydrogen) atoms. The van der Waals surface area contributed by atoms with E-state index in [9.17, 15) is 9.59 Å². The second-order valence-corrected chi connectivity index (χ2v) is 6.11. The average molecular weight is 289 g/mol. The Hall–Kier alpha value is -0.883. The molecule has 0 aliphatic rings. The van der Waals surface area contributed by atoms with Gasteiger partial charge in [0.25, 0.3) is 11.9 Å². The summed E-state index contributed by atoms with van der Waals surface area (Å²) in [5.74, 6) is -0.568. The van der Waals surface area contributed by atoms with E-state index in [0.29, 0.717) is 19.0 Å². The maximum Gasteiger partial charge on any atom is 0.462 e. The zero-order chi connectivity index (χ0) is 14.7. The van der Waals surface area contributed by atoms with Gasteiger partial charge in [-0.05, 0) is 25.9 Å². The first-order valence-corrected chi connectivity index (χ1v) is 8.94. The molecule has 0 amide bonds. The third-order valence-electron chi connectivity index (χ3n) is 2.59. The van der Waals surface area contributed by atoms with Crippen LogP contribution in [0.4, 0.5) is 0 Å².